The van der Waals surface area contributed by atoms with Gasteiger partial charge >= 0.3 is 5.97 Å². The van der Waals surface area contributed by atoms with Gasteiger partial charge in [0.1, 0.15) is 29.0 Å². The molecule has 0 saturated carbocycles. The second kappa shape index (κ2) is 9.61. The minimum atomic E-state index is -1.59. The van der Waals surface area contributed by atoms with Crippen molar-refractivity contribution >= 4 is 17.8 Å². The Morgan fingerprint density at radius 3 is 1.50 bits per heavy atom. The highest BCUT2D eigenvalue weighted by molar-refractivity contribution is 6.12. The summed E-state index contributed by atoms with van der Waals surface area (Å²) in [6.45, 7) is 0.287. The van der Waals surface area contributed by atoms with Gasteiger partial charge in [-0.1, -0.05) is 0 Å². The van der Waals surface area contributed by atoms with E-state index in [0.717, 1.165) is 36.4 Å². The summed E-state index contributed by atoms with van der Waals surface area (Å²) in [7, 11) is 0. The van der Waals surface area contributed by atoms with Gasteiger partial charge in [-0.25, -0.2) is 4.79 Å². The van der Waals surface area contributed by atoms with Crippen LogP contribution in [0.25, 0.3) is 0 Å². The lowest BCUT2D eigenvalue weighted by molar-refractivity contribution is -0.141. The molecule has 0 saturated heterocycles. The third kappa shape index (κ3) is 5.39. The maximum Gasteiger partial charge on any atom is 0.326 e. The maximum absolute atomic E-state index is 13.1. The Hall–Kier alpha value is -3.79. The number of nitrogens with two attached hydrogens (primary N) is 1. The molecule has 10 heteroatoms. The van der Waals surface area contributed by atoms with Gasteiger partial charge in [0, 0.05) is 23.3 Å². The fraction of sp³-hybridized carbons (Fsp3) is 0.250. The number of amides is 2. The lowest BCUT2D eigenvalue weighted by atomic mass is 10.0. The average molecular weight is 418 g/mol. The monoisotopic (exact) mass is 418 g/mol. The Morgan fingerprint density at radius 1 is 0.767 bits per heavy atom. The van der Waals surface area contributed by atoms with E-state index in [1.807, 2.05) is 0 Å². The van der Waals surface area contributed by atoms with E-state index in [2.05, 4.69) is 0 Å². The van der Waals surface area contributed by atoms with Gasteiger partial charge in [-0.15, -0.1) is 0 Å². The van der Waals surface area contributed by atoms with Gasteiger partial charge in [0.05, 0.1) is 0 Å². The van der Waals surface area contributed by atoms with Crippen molar-refractivity contribution in [1.29, 1.82) is 0 Å². The molecule has 0 fully saturated rings. The number of imide groups is 1. The number of phenolic OH excluding ortho intramolecular Hbond substituents is 4. The van der Waals surface area contributed by atoms with Gasteiger partial charge in [0.15, 0.2) is 0 Å². The molecule has 0 unspecified atom stereocenters. The summed E-state index contributed by atoms with van der Waals surface area (Å²) in [6, 6.07) is 4.23. The number of carboxylic acids is 1. The second-order valence-electron chi connectivity index (χ2n) is 6.59. The van der Waals surface area contributed by atoms with Crippen molar-refractivity contribution in [2.24, 2.45) is 5.73 Å². The van der Waals surface area contributed by atoms with E-state index in [0.29, 0.717) is 17.7 Å². The molecule has 2 aromatic rings. The van der Waals surface area contributed by atoms with E-state index >= 15 is 0 Å². The predicted molar refractivity (Wildman–Crippen MR) is 104 cm³/mol. The number of aromatic hydroxyl groups is 4. The molecule has 0 aliphatic heterocycles. The number of hydrogen-bond acceptors (Lipinski definition) is 8. The maximum atomic E-state index is 13.1. The number of carbonyl (C=O) groups excluding carboxylic acids is 2. The largest absolute Gasteiger partial charge is 0.508 e. The highest BCUT2D eigenvalue weighted by atomic mass is 16.4. The van der Waals surface area contributed by atoms with E-state index < -0.39 is 46.8 Å². The van der Waals surface area contributed by atoms with Crippen LogP contribution >= 0.6 is 0 Å². The fourth-order valence-electron chi connectivity index (χ4n) is 2.94. The number of carboxylic acid groups (broad SMARTS) is 1. The summed E-state index contributed by atoms with van der Waals surface area (Å²) in [5.41, 5.74) is 4.78. The van der Waals surface area contributed by atoms with Crippen molar-refractivity contribution in [2.45, 2.75) is 25.3 Å². The first kappa shape index (κ1) is 22.5. The normalized spacial score (nSPS) is 11.6. The number of carbonyl (C=O) groups is 3. The summed E-state index contributed by atoms with van der Waals surface area (Å²) >= 11 is 0. The molecule has 30 heavy (non-hydrogen) atoms. The minimum Gasteiger partial charge on any atom is -0.508 e. The van der Waals surface area contributed by atoms with Crippen molar-refractivity contribution in [2.75, 3.05) is 6.54 Å². The number of unbranched alkanes of at least 4 members (excludes halogenated alkanes) is 1. The molecule has 2 aromatic carbocycles. The number of hydrogen-bond donors (Lipinski definition) is 6. The number of nitrogens with zero attached hydrogens (tertiary/aromatic N) is 1. The molecule has 0 aromatic heterocycles. The standard InChI is InChI=1S/C20H22N2O8/c21-4-2-1-3-17(20(29)30)22(18(27)11-5-13(23)9-14(24)6-11)19(28)12-7-15(25)10-16(26)8-12/h5-10,17,23-26H,1-4,21H2,(H,29,30)/t17-/m0/s1. The molecule has 160 valence electrons. The average Bonchev–Trinajstić information content (AvgIpc) is 2.65. The molecule has 2 amide bonds. The smallest absolute Gasteiger partial charge is 0.326 e. The molecule has 2 rings (SSSR count). The summed E-state index contributed by atoms with van der Waals surface area (Å²) < 4.78 is 0. The third-order valence-corrected chi connectivity index (χ3v) is 4.26. The topological polar surface area (TPSA) is 182 Å². The van der Waals surface area contributed by atoms with Crippen LogP contribution in [-0.2, 0) is 4.79 Å². The van der Waals surface area contributed by atoms with E-state index in [-0.39, 0.29) is 24.1 Å². The molecule has 0 spiro atoms. The first-order chi connectivity index (χ1) is 14.1. The van der Waals surface area contributed by atoms with Crippen molar-refractivity contribution < 1.29 is 39.9 Å². The van der Waals surface area contributed by atoms with Gasteiger partial charge in [0.25, 0.3) is 11.8 Å². The molecule has 7 N–H and O–H groups in total. The summed E-state index contributed by atoms with van der Waals surface area (Å²) in [6.07, 6.45) is 0.667. The first-order valence-electron chi connectivity index (χ1n) is 9.01. The van der Waals surface area contributed by atoms with Crippen LogP contribution in [0.15, 0.2) is 36.4 Å². The van der Waals surface area contributed by atoms with Gasteiger partial charge in [-0.2, -0.15) is 0 Å². The van der Waals surface area contributed by atoms with Crippen LogP contribution in [0.1, 0.15) is 40.0 Å². The Balaban J connectivity index is 2.56. The Labute approximate surface area is 171 Å². The van der Waals surface area contributed by atoms with Crippen molar-refractivity contribution in [1.82, 2.24) is 4.90 Å². The van der Waals surface area contributed by atoms with E-state index in [9.17, 15) is 39.9 Å². The van der Waals surface area contributed by atoms with E-state index in [4.69, 9.17) is 5.73 Å². The molecule has 0 bridgehead atoms. The number of benzene rings is 2. The zero-order chi connectivity index (χ0) is 22.4. The zero-order valence-corrected chi connectivity index (χ0v) is 15.9. The summed E-state index contributed by atoms with van der Waals surface area (Å²) in [4.78, 5) is 38.5. The molecule has 0 aliphatic rings. The third-order valence-electron chi connectivity index (χ3n) is 4.26. The molecule has 0 aliphatic carbocycles. The van der Waals surface area contributed by atoms with E-state index in [1.165, 1.54) is 0 Å². The number of phenols is 4. The van der Waals surface area contributed by atoms with Crippen LogP contribution in [0.5, 0.6) is 23.0 Å². The Morgan fingerprint density at radius 2 is 1.17 bits per heavy atom. The highest BCUT2D eigenvalue weighted by Gasteiger charge is 2.36. The Kier molecular flexibility index (Phi) is 7.21. The fourth-order valence-corrected chi connectivity index (χ4v) is 2.94. The molecular formula is C20H22N2O8. The molecule has 1 atom stereocenters. The van der Waals surface area contributed by atoms with Crippen LogP contribution in [0.2, 0.25) is 0 Å². The molecule has 0 radical (unpaired) electrons. The van der Waals surface area contributed by atoms with E-state index in [1.54, 1.807) is 0 Å². The number of aliphatic carboxylic acids is 1. The quantitative estimate of drug-likeness (QED) is 0.272. The molecule has 0 heterocycles. The lowest BCUT2D eigenvalue weighted by Gasteiger charge is -2.27. The van der Waals surface area contributed by atoms with Crippen molar-refractivity contribution in [3.63, 3.8) is 0 Å². The molecule has 10 nitrogen and oxygen atoms in total. The zero-order valence-electron chi connectivity index (χ0n) is 15.9. The van der Waals surface area contributed by atoms with Gasteiger partial charge in [-0.05, 0) is 50.1 Å². The van der Waals surface area contributed by atoms with Crippen LogP contribution in [0.3, 0.4) is 0 Å². The van der Waals surface area contributed by atoms with Crippen molar-refractivity contribution in [3.05, 3.63) is 47.5 Å². The second-order valence-corrected chi connectivity index (χ2v) is 6.59. The first-order valence-corrected chi connectivity index (χ1v) is 9.01. The highest BCUT2D eigenvalue weighted by Crippen LogP contribution is 2.26. The Bertz CT molecular complexity index is 856. The number of rotatable bonds is 8. The SMILES string of the molecule is NCCCC[C@@H](C(=O)O)N(C(=O)c1cc(O)cc(O)c1)C(=O)c1cc(O)cc(O)c1. The lowest BCUT2D eigenvalue weighted by Crippen LogP contribution is -2.48. The summed E-state index contributed by atoms with van der Waals surface area (Å²) in [5, 5.41) is 48.3. The van der Waals surface area contributed by atoms with Crippen LogP contribution < -0.4 is 5.73 Å². The van der Waals surface area contributed by atoms with Crippen LogP contribution in [0.4, 0.5) is 0 Å². The van der Waals surface area contributed by atoms with Gasteiger partial charge < -0.3 is 31.3 Å². The van der Waals surface area contributed by atoms with Gasteiger partial charge in [0.2, 0.25) is 0 Å². The minimum absolute atomic E-state index is 0.0976. The molecular weight excluding hydrogens is 396 g/mol. The van der Waals surface area contributed by atoms with Crippen LogP contribution in [0, 0.1) is 0 Å². The van der Waals surface area contributed by atoms with Crippen LogP contribution in [-0.4, -0.2) is 60.8 Å². The van der Waals surface area contributed by atoms with Crippen molar-refractivity contribution in [3.8, 4) is 23.0 Å². The predicted octanol–water partition coefficient (Wildman–Crippen LogP) is 1.37. The summed E-state index contributed by atoms with van der Waals surface area (Å²) in [5.74, 6) is -5.48. The van der Waals surface area contributed by atoms with Gasteiger partial charge in [-0.3, -0.25) is 14.5 Å².